The number of benzene rings is 2. The summed E-state index contributed by atoms with van der Waals surface area (Å²) in [7, 11) is 0. The number of fused-ring (bicyclic) bond motifs is 1. The van der Waals surface area contributed by atoms with Gasteiger partial charge in [0.2, 0.25) is 0 Å². The Bertz CT molecular complexity index is 1100. The summed E-state index contributed by atoms with van der Waals surface area (Å²) in [5.41, 5.74) is 6.47. The van der Waals surface area contributed by atoms with Gasteiger partial charge in [0, 0.05) is 23.0 Å². The lowest BCUT2D eigenvalue weighted by Gasteiger charge is -2.20. The number of hydrogen-bond donors (Lipinski definition) is 0. The number of ether oxygens (including phenoxy) is 1. The van der Waals surface area contributed by atoms with E-state index < -0.39 is 0 Å². The molecule has 134 valence electrons. The minimum atomic E-state index is -0.290. The quantitative estimate of drug-likeness (QED) is 0.436. The molecule has 0 saturated heterocycles. The van der Waals surface area contributed by atoms with Crippen LogP contribution in [0.25, 0.3) is 27.8 Å². The van der Waals surface area contributed by atoms with Gasteiger partial charge >= 0.3 is 5.97 Å². The molecular formula is C24H21NO2. The number of esters is 1. The predicted octanol–water partition coefficient (Wildman–Crippen LogP) is 5.76. The fraction of sp³-hybridized carbons (Fsp3) is 0.125. The highest BCUT2D eigenvalue weighted by molar-refractivity contribution is 6.08. The van der Waals surface area contributed by atoms with Crippen LogP contribution in [0.2, 0.25) is 0 Å². The lowest BCUT2D eigenvalue weighted by molar-refractivity contribution is 0.0528. The molecular weight excluding hydrogens is 334 g/mol. The van der Waals surface area contributed by atoms with Crippen LogP contribution < -0.4 is 0 Å². The van der Waals surface area contributed by atoms with E-state index in [9.17, 15) is 4.79 Å². The van der Waals surface area contributed by atoms with Crippen molar-refractivity contribution in [1.82, 2.24) is 4.40 Å². The van der Waals surface area contributed by atoms with E-state index in [1.165, 1.54) is 0 Å². The first kappa shape index (κ1) is 17.1. The molecule has 0 spiro atoms. The van der Waals surface area contributed by atoms with Crippen LogP contribution in [-0.4, -0.2) is 17.0 Å². The monoisotopic (exact) mass is 355 g/mol. The van der Waals surface area contributed by atoms with Gasteiger partial charge < -0.3 is 9.14 Å². The molecule has 2 aromatic carbocycles. The zero-order valence-electron chi connectivity index (χ0n) is 15.5. The maximum Gasteiger partial charge on any atom is 0.339 e. The summed E-state index contributed by atoms with van der Waals surface area (Å²) < 4.78 is 7.63. The minimum absolute atomic E-state index is 0.290. The molecule has 0 unspecified atom stereocenters. The molecule has 2 heterocycles. The van der Waals surface area contributed by atoms with E-state index in [2.05, 4.69) is 4.40 Å². The van der Waals surface area contributed by atoms with Crippen molar-refractivity contribution in [2.45, 2.75) is 13.8 Å². The third-order valence-corrected chi connectivity index (χ3v) is 4.83. The summed E-state index contributed by atoms with van der Waals surface area (Å²) in [4.78, 5) is 13.1. The van der Waals surface area contributed by atoms with Crippen molar-refractivity contribution < 1.29 is 9.53 Å². The van der Waals surface area contributed by atoms with E-state index in [4.69, 9.17) is 4.74 Å². The van der Waals surface area contributed by atoms with E-state index in [-0.39, 0.29) is 5.97 Å². The number of hydrogen-bond acceptors (Lipinski definition) is 2. The van der Waals surface area contributed by atoms with Gasteiger partial charge in [0.05, 0.1) is 17.7 Å². The average Bonchev–Trinajstić information content (AvgIpc) is 3.19. The van der Waals surface area contributed by atoms with E-state index in [0.29, 0.717) is 12.2 Å². The number of pyridine rings is 1. The van der Waals surface area contributed by atoms with Crippen LogP contribution in [-0.2, 0) is 4.74 Å². The summed E-state index contributed by atoms with van der Waals surface area (Å²) in [6.45, 7) is 4.23. The van der Waals surface area contributed by atoms with Crippen molar-refractivity contribution in [3.63, 3.8) is 0 Å². The van der Waals surface area contributed by atoms with Crippen LogP contribution >= 0.6 is 0 Å². The maximum absolute atomic E-state index is 13.1. The van der Waals surface area contributed by atoms with Gasteiger partial charge in [-0.2, -0.15) is 0 Å². The lowest BCUT2D eigenvalue weighted by Crippen LogP contribution is -2.12. The van der Waals surface area contributed by atoms with Crippen LogP contribution in [0.15, 0.2) is 79.0 Å². The topological polar surface area (TPSA) is 30.7 Å². The second-order valence-electron chi connectivity index (χ2n) is 6.43. The van der Waals surface area contributed by atoms with Crippen molar-refractivity contribution in [1.29, 1.82) is 0 Å². The largest absolute Gasteiger partial charge is 0.462 e. The fourth-order valence-electron chi connectivity index (χ4n) is 3.69. The molecule has 0 aliphatic carbocycles. The Morgan fingerprint density at radius 1 is 0.852 bits per heavy atom. The fourth-order valence-corrected chi connectivity index (χ4v) is 3.69. The summed E-state index contributed by atoms with van der Waals surface area (Å²) in [5, 5.41) is 0. The Kier molecular flexibility index (Phi) is 4.51. The van der Waals surface area contributed by atoms with Crippen molar-refractivity contribution in [2.75, 3.05) is 6.61 Å². The number of carbonyl (C=O) groups is 1. The molecule has 0 bridgehead atoms. The van der Waals surface area contributed by atoms with Crippen molar-refractivity contribution in [3.8, 4) is 22.3 Å². The summed E-state index contributed by atoms with van der Waals surface area (Å²) in [5.74, 6) is -0.290. The van der Waals surface area contributed by atoms with Crippen molar-refractivity contribution >= 4 is 11.5 Å². The van der Waals surface area contributed by atoms with E-state index in [1.807, 2.05) is 92.8 Å². The van der Waals surface area contributed by atoms with Crippen LogP contribution in [0.4, 0.5) is 0 Å². The molecule has 0 radical (unpaired) electrons. The SMILES string of the molecule is CCOC(=O)c1c(-c2ccccc2)c(C)n2cccc2c1-c1ccccc1. The Labute approximate surface area is 158 Å². The Morgan fingerprint density at radius 2 is 1.44 bits per heavy atom. The number of nitrogens with zero attached hydrogens (tertiary/aromatic N) is 1. The van der Waals surface area contributed by atoms with Gasteiger partial charge in [0.25, 0.3) is 0 Å². The highest BCUT2D eigenvalue weighted by Gasteiger charge is 2.25. The zero-order valence-corrected chi connectivity index (χ0v) is 15.5. The molecule has 4 aromatic rings. The van der Waals surface area contributed by atoms with Gasteiger partial charge in [0.15, 0.2) is 0 Å². The van der Waals surface area contributed by atoms with Gasteiger partial charge in [-0.25, -0.2) is 4.79 Å². The summed E-state index contributed by atoms with van der Waals surface area (Å²) >= 11 is 0. The third kappa shape index (κ3) is 2.91. The van der Waals surface area contributed by atoms with Gasteiger partial charge in [-0.3, -0.25) is 0 Å². The number of carbonyl (C=O) groups excluding carboxylic acids is 1. The second-order valence-corrected chi connectivity index (χ2v) is 6.43. The van der Waals surface area contributed by atoms with E-state index in [0.717, 1.165) is 33.5 Å². The zero-order chi connectivity index (χ0) is 18.8. The van der Waals surface area contributed by atoms with Crippen LogP contribution in [0.5, 0.6) is 0 Å². The maximum atomic E-state index is 13.1. The molecule has 0 fully saturated rings. The smallest absolute Gasteiger partial charge is 0.339 e. The van der Waals surface area contributed by atoms with Gasteiger partial charge in [-0.1, -0.05) is 60.7 Å². The molecule has 0 atom stereocenters. The number of rotatable bonds is 4. The predicted molar refractivity (Wildman–Crippen MR) is 109 cm³/mol. The number of aryl methyl sites for hydroxylation is 1. The van der Waals surface area contributed by atoms with Gasteiger partial charge in [-0.15, -0.1) is 0 Å². The first-order valence-corrected chi connectivity index (χ1v) is 9.14. The molecule has 27 heavy (non-hydrogen) atoms. The molecule has 0 N–H and O–H groups in total. The standard InChI is InChI=1S/C24H21NO2/c1-3-27-24(26)23-21(18-11-6-4-7-12-18)17(2)25-16-10-15-20(25)22(23)19-13-8-5-9-14-19/h4-16H,3H2,1-2H3. The van der Waals surface area contributed by atoms with Gasteiger partial charge in [-0.05, 0) is 37.1 Å². The lowest BCUT2D eigenvalue weighted by atomic mass is 9.90. The van der Waals surface area contributed by atoms with E-state index in [1.54, 1.807) is 0 Å². The Hall–Kier alpha value is -3.33. The molecule has 3 heteroatoms. The minimum Gasteiger partial charge on any atom is -0.462 e. The van der Waals surface area contributed by atoms with Crippen LogP contribution in [0.1, 0.15) is 23.0 Å². The van der Waals surface area contributed by atoms with Crippen molar-refractivity contribution in [3.05, 3.63) is 90.3 Å². The number of aromatic nitrogens is 1. The average molecular weight is 355 g/mol. The molecule has 4 rings (SSSR count). The van der Waals surface area contributed by atoms with Crippen LogP contribution in [0, 0.1) is 6.92 Å². The molecule has 3 nitrogen and oxygen atoms in total. The normalized spacial score (nSPS) is 10.9. The van der Waals surface area contributed by atoms with E-state index >= 15 is 0 Å². The summed E-state index contributed by atoms with van der Waals surface area (Å²) in [6.07, 6.45) is 2.04. The first-order valence-electron chi connectivity index (χ1n) is 9.14. The molecule has 0 aliphatic rings. The van der Waals surface area contributed by atoms with Crippen molar-refractivity contribution in [2.24, 2.45) is 0 Å². The molecule has 0 aliphatic heterocycles. The second kappa shape index (κ2) is 7.12. The highest BCUT2D eigenvalue weighted by atomic mass is 16.5. The highest BCUT2D eigenvalue weighted by Crippen LogP contribution is 2.38. The first-order chi connectivity index (χ1) is 13.2. The van der Waals surface area contributed by atoms with Gasteiger partial charge in [0.1, 0.15) is 0 Å². The summed E-state index contributed by atoms with van der Waals surface area (Å²) in [6, 6.07) is 24.1. The Morgan fingerprint density at radius 3 is 2.04 bits per heavy atom. The molecule has 2 aromatic heterocycles. The third-order valence-electron chi connectivity index (χ3n) is 4.83. The van der Waals surface area contributed by atoms with Crippen LogP contribution in [0.3, 0.4) is 0 Å². The molecule has 0 saturated carbocycles. The Balaban J connectivity index is 2.17. The molecule has 0 amide bonds.